The fourth-order valence-electron chi connectivity index (χ4n) is 4.96. The number of nitrogens with two attached hydrogens (primary N) is 2. The molecule has 184 valence electrons. The van der Waals surface area contributed by atoms with Crippen molar-refractivity contribution in [1.82, 2.24) is 19.9 Å². The lowest BCUT2D eigenvalue weighted by atomic mass is 9.85. The summed E-state index contributed by atoms with van der Waals surface area (Å²) < 4.78 is 42.1. The molecule has 0 saturated carbocycles. The van der Waals surface area contributed by atoms with Gasteiger partial charge in [-0.1, -0.05) is 42.0 Å². The summed E-state index contributed by atoms with van der Waals surface area (Å²) in [6, 6.07) is 5.79. The molecule has 2 atom stereocenters. The Morgan fingerprint density at radius 1 is 1.20 bits per heavy atom. The highest BCUT2D eigenvalue weighted by atomic mass is 35.5. The summed E-state index contributed by atoms with van der Waals surface area (Å²) in [6.45, 7) is 1.72. The number of hydrogen-bond acceptors (Lipinski definition) is 6. The molecule has 12 heteroatoms. The van der Waals surface area contributed by atoms with Gasteiger partial charge in [0.2, 0.25) is 10.0 Å². The molecule has 0 amide bonds. The number of piperidine rings is 1. The molecule has 3 aromatic rings. The van der Waals surface area contributed by atoms with Gasteiger partial charge in [-0.25, -0.2) is 27.9 Å². The number of allylic oxidation sites excluding steroid dienone is 3. The molecule has 1 aliphatic heterocycles. The Hall–Kier alpha value is -2.50. The third kappa shape index (κ3) is 3.93. The number of benzene rings is 1. The van der Waals surface area contributed by atoms with Gasteiger partial charge in [-0.2, -0.15) is 0 Å². The van der Waals surface area contributed by atoms with Gasteiger partial charge >= 0.3 is 0 Å². The number of fused-ring (bicyclic) bond motifs is 1. The van der Waals surface area contributed by atoms with E-state index in [1.165, 1.54) is 36.7 Å². The van der Waals surface area contributed by atoms with Crippen molar-refractivity contribution in [1.29, 1.82) is 0 Å². The Bertz CT molecular complexity index is 1480. The SMILES string of the molecule is Nc1ncnc2c1c(C1=C(Cl)C(Cl)(c3ccccc3F)C(S(N)(=O)=O)C=C1)cn2C1CCNCC1. The molecule has 1 aliphatic carbocycles. The number of alkyl halides is 1. The van der Waals surface area contributed by atoms with Crippen LogP contribution in [0.3, 0.4) is 0 Å². The Labute approximate surface area is 211 Å². The first kappa shape index (κ1) is 24.2. The number of nitrogens with one attached hydrogen (secondary N) is 1. The first-order chi connectivity index (χ1) is 16.6. The number of hydrogen-bond donors (Lipinski definition) is 3. The molecule has 1 saturated heterocycles. The van der Waals surface area contributed by atoms with Gasteiger partial charge in [0.25, 0.3) is 0 Å². The van der Waals surface area contributed by atoms with Gasteiger partial charge < -0.3 is 15.6 Å². The van der Waals surface area contributed by atoms with E-state index in [2.05, 4.69) is 15.3 Å². The van der Waals surface area contributed by atoms with Crippen LogP contribution in [0, 0.1) is 5.82 Å². The van der Waals surface area contributed by atoms with Gasteiger partial charge in [-0.05, 0) is 32.0 Å². The first-order valence-corrected chi connectivity index (χ1v) is 13.4. The molecule has 2 aromatic heterocycles. The minimum atomic E-state index is -4.27. The summed E-state index contributed by atoms with van der Waals surface area (Å²) in [6.07, 6.45) is 7.92. The largest absolute Gasteiger partial charge is 0.383 e. The second-order valence-electron chi connectivity index (χ2n) is 8.68. The maximum absolute atomic E-state index is 15.0. The maximum Gasteiger partial charge on any atom is 0.218 e. The van der Waals surface area contributed by atoms with Crippen LogP contribution in [0.1, 0.15) is 30.0 Å². The van der Waals surface area contributed by atoms with Crippen LogP contribution < -0.4 is 16.2 Å². The highest BCUT2D eigenvalue weighted by Crippen LogP contribution is 2.52. The number of anilines is 1. The average molecular weight is 537 g/mol. The van der Waals surface area contributed by atoms with Crippen molar-refractivity contribution >= 4 is 55.6 Å². The summed E-state index contributed by atoms with van der Waals surface area (Å²) in [4.78, 5) is 6.62. The van der Waals surface area contributed by atoms with Crippen molar-refractivity contribution in [3.63, 3.8) is 0 Å². The Morgan fingerprint density at radius 3 is 2.60 bits per heavy atom. The summed E-state index contributed by atoms with van der Waals surface area (Å²) in [5.41, 5.74) is 7.78. The molecule has 2 unspecified atom stereocenters. The van der Waals surface area contributed by atoms with E-state index in [0.29, 0.717) is 22.2 Å². The number of sulfonamides is 1. The maximum atomic E-state index is 15.0. The predicted octanol–water partition coefficient (Wildman–Crippen LogP) is 3.39. The highest BCUT2D eigenvalue weighted by Gasteiger charge is 2.50. The van der Waals surface area contributed by atoms with Crippen LogP contribution in [0.15, 0.2) is 54.0 Å². The molecule has 1 aromatic carbocycles. The van der Waals surface area contributed by atoms with Gasteiger partial charge in [0.1, 0.15) is 33.7 Å². The van der Waals surface area contributed by atoms with E-state index in [4.69, 9.17) is 34.1 Å². The van der Waals surface area contributed by atoms with Gasteiger partial charge in [0.05, 0.1) is 10.4 Å². The number of rotatable bonds is 4. The molecule has 0 radical (unpaired) electrons. The van der Waals surface area contributed by atoms with Crippen LogP contribution >= 0.6 is 23.2 Å². The lowest BCUT2D eigenvalue weighted by molar-refractivity contribution is 0.374. The molecular weight excluding hydrogens is 514 g/mol. The van der Waals surface area contributed by atoms with Crippen LogP contribution in [0.5, 0.6) is 0 Å². The van der Waals surface area contributed by atoms with Crippen LogP contribution in [-0.4, -0.2) is 41.3 Å². The molecular formula is C23H23Cl2FN6O2S. The zero-order chi connectivity index (χ0) is 25.0. The summed E-state index contributed by atoms with van der Waals surface area (Å²) in [5, 5.41) is 7.83. The third-order valence-corrected chi connectivity index (χ3v) is 9.21. The normalized spacial score (nSPS) is 23.8. The molecule has 5 N–H and O–H groups in total. The Kier molecular flexibility index (Phi) is 6.13. The van der Waals surface area contributed by atoms with E-state index in [9.17, 15) is 12.8 Å². The quantitative estimate of drug-likeness (QED) is 0.438. The summed E-state index contributed by atoms with van der Waals surface area (Å²) >= 11 is 13.9. The molecule has 0 bridgehead atoms. The van der Waals surface area contributed by atoms with E-state index in [1.54, 1.807) is 6.07 Å². The molecule has 2 aliphatic rings. The fraction of sp³-hybridized carbons (Fsp3) is 0.304. The van der Waals surface area contributed by atoms with Crippen molar-refractivity contribution in [2.24, 2.45) is 5.14 Å². The lowest BCUT2D eigenvalue weighted by Crippen LogP contribution is -2.45. The molecule has 8 nitrogen and oxygen atoms in total. The van der Waals surface area contributed by atoms with E-state index in [-0.39, 0.29) is 22.5 Å². The monoisotopic (exact) mass is 536 g/mol. The van der Waals surface area contributed by atoms with Crippen molar-refractivity contribution < 1.29 is 12.8 Å². The van der Waals surface area contributed by atoms with E-state index < -0.39 is 26.0 Å². The van der Waals surface area contributed by atoms with Crippen molar-refractivity contribution in [3.8, 4) is 0 Å². The van der Waals surface area contributed by atoms with Crippen molar-refractivity contribution in [3.05, 3.63) is 70.9 Å². The van der Waals surface area contributed by atoms with Crippen LogP contribution in [0.4, 0.5) is 10.2 Å². The van der Waals surface area contributed by atoms with Crippen molar-refractivity contribution in [2.45, 2.75) is 29.0 Å². The van der Waals surface area contributed by atoms with Gasteiger partial charge in [0.15, 0.2) is 0 Å². The van der Waals surface area contributed by atoms with Crippen LogP contribution in [-0.2, 0) is 14.9 Å². The number of aromatic nitrogens is 3. The average Bonchev–Trinajstić information content (AvgIpc) is 3.21. The van der Waals surface area contributed by atoms with E-state index in [1.807, 2.05) is 10.8 Å². The highest BCUT2D eigenvalue weighted by molar-refractivity contribution is 7.90. The number of primary sulfonamides is 1. The van der Waals surface area contributed by atoms with Crippen LogP contribution in [0.2, 0.25) is 0 Å². The smallest absolute Gasteiger partial charge is 0.218 e. The second kappa shape index (κ2) is 8.86. The molecule has 0 spiro atoms. The molecule has 1 fully saturated rings. The topological polar surface area (TPSA) is 129 Å². The van der Waals surface area contributed by atoms with Gasteiger partial charge in [0, 0.05) is 28.9 Å². The minimum absolute atomic E-state index is 0.0848. The Balaban J connectivity index is 1.78. The minimum Gasteiger partial charge on any atom is -0.383 e. The first-order valence-electron chi connectivity index (χ1n) is 11.0. The van der Waals surface area contributed by atoms with E-state index in [0.717, 1.165) is 25.9 Å². The number of nitrogens with zero attached hydrogens (tertiary/aromatic N) is 3. The van der Waals surface area contributed by atoms with Crippen molar-refractivity contribution in [2.75, 3.05) is 18.8 Å². The third-order valence-electron chi connectivity index (χ3n) is 6.64. The predicted molar refractivity (Wildman–Crippen MR) is 136 cm³/mol. The summed E-state index contributed by atoms with van der Waals surface area (Å²) in [5.74, 6) is -0.466. The van der Waals surface area contributed by atoms with Gasteiger partial charge in [-0.3, -0.25) is 0 Å². The fourth-order valence-corrected chi connectivity index (χ4v) is 7.10. The number of nitrogen functional groups attached to an aromatic ring is 1. The Morgan fingerprint density at radius 2 is 1.91 bits per heavy atom. The van der Waals surface area contributed by atoms with E-state index >= 15 is 0 Å². The zero-order valence-electron chi connectivity index (χ0n) is 18.5. The van der Waals surface area contributed by atoms with Gasteiger partial charge in [-0.15, -0.1) is 11.6 Å². The molecule has 35 heavy (non-hydrogen) atoms. The standard InChI is InChI=1S/C23H23Cl2FN6O2S/c24-20-14(5-6-18(35(28,33)34)23(20,25)16-3-1-2-4-17(16)26)15-11-32(13-7-9-29-10-8-13)22-19(15)21(27)30-12-31-22/h1-6,11-13,18,29H,7-10H2,(H2,27,30,31)(H2,28,33,34). The lowest BCUT2D eigenvalue weighted by Gasteiger charge is -2.36. The van der Waals surface area contributed by atoms with Crippen LogP contribution in [0.25, 0.3) is 16.6 Å². The molecule has 3 heterocycles. The summed E-state index contributed by atoms with van der Waals surface area (Å²) in [7, 11) is -4.27. The number of halogens is 3. The molecule has 5 rings (SSSR count). The second-order valence-corrected chi connectivity index (χ2v) is 11.3. The zero-order valence-corrected chi connectivity index (χ0v) is 20.8.